The number of fused-ring (bicyclic) bond motifs is 1. The van der Waals surface area contributed by atoms with Gasteiger partial charge in [0.2, 0.25) is 10.0 Å². The number of sulfonamides is 1. The molecule has 7 heteroatoms. The van der Waals surface area contributed by atoms with Crippen molar-refractivity contribution in [1.29, 1.82) is 0 Å². The standard InChI is InChI=1S/C17H24N2O4S/c1-3-24(21,22)19-11-15-10-14(17(20)18-8-4-5-9-18)6-7-16(15)23-12-13(19)2/h6-7,10,13H,3-5,8-9,11-12H2,1-2H3/t13-/m0/s1. The lowest BCUT2D eigenvalue weighted by molar-refractivity contribution is 0.0792. The van der Waals surface area contributed by atoms with Crippen LogP contribution in [0.3, 0.4) is 0 Å². The number of carbonyl (C=O) groups is 1. The number of ether oxygens (including phenoxy) is 1. The van der Waals surface area contributed by atoms with E-state index in [1.165, 1.54) is 4.31 Å². The first-order valence-electron chi connectivity index (χ1n) is 8.47. The van der Waals surface area contributed by atoms with Crippen molar-refractivity contribution < 1.29 is 17.9 Å². The van der Waals surface area contributed by atoms with Gasteiger partial charge >= 0.3 is 0 Å². The number of benzene rings is 1. The Labute approximate surface area is 143 Å². The van der Waals surface area contributed by atoms with Gasteiger partial charge in [-0.2, -0.15) is 4.31 Å². The van der Waals surface area contributed by atoms with E-state index in [0.29, 0.717) is 17.9 Å². The number of carbonyl (C=O) groups excluding carboxylic acids is 1. The lowest BCUT2D eigenvalue weighted by Gasteiger charge is -2.24. The minimum Gasteiger partial charge on any atom is -0.492 e. The van der Waals surface area contributed by atoms with Crippen LogP contribution < -0.4 is 4.74 Å². The maximum atomic E-state index is 12.6. The summed E-state index contributed by atoms with van der Waals surface area (Å²) in [5, 5.41) is 0. The van der Waals surface area contributed by atoms with Gasteiger partial charge in [-0.05, 0) is 44.9 Å². The SMILES string of the molecule is CCS(=O)(=O)N1Cc2cc(C(=O)N3CCCC3)ccc2OC[C@@H]1C. The van der Waals surface area contributed by atoms with Crippen molar-refractivity contribution in [2.45, 2.75) is 39.3 Å². The molecule has 1 aromatic rings. The number of likely N-dealkylation sites (tertiary alicyclic amines) is 1. The number of hydrogen-bond donors (Lipinski definition) is 0. The Morgan fingerprint density at radius 2 is 2.00 bits per heavy atom. The van der Waals surface area contributed by atoms with Crippen LogP contribution in [0.15, 0.2) is 18.2 Å². The van der Waals surface area contributed by atoms with Crippen molar-refractivity contribution in [3.63, 3.8) is 0 Å². The Morgan fingerprint density at radius 3 is 2.67 bits per heavy atom. The van der Waals surface area contributed by atoms with Crippen molar-refractivity contribution in [2.24, 2.45) is 0 Å². The third kappa shape index (κ3) is 3.28. The first-order valence-corrected chi connectivity index (χ1v) is 10.1. The third-order valence-electron chi connectivity index (χ3n) is 4.72. The maximum absolute atomic E-state index is 12.6. The van der Waals surface area contributed by atoms with E-state index in [4.69, 9.17) is 4.74 Å². The molecule has 24 heavy (non-hydrogen) atoms. The van der Waals surface area contributed by atoms with Gasteiger partial charge in [0.15, 0.2) is 0 Å². The Kier molecular flexibility index (Phi) is 4.83. The van der Waals surface area contributed by atoms with Gasteiger partial charge in [0, 0.05) is 30.8 Å². The van der Waals surface area contributed by atoms with Crippen molar-refractivity contribution >= 4 is 15.9 Å². The van der Waals surface area contributed by atoms with E-state index in [2.05, 4.69) is 0 Å². The van der Waals surface area contributed by atoms with Gasteiger partial charge < -0.3 is 9.64 Å². The fourth-order valence-electron chi connectivity index (χ4n) is 3.24. The highest BCUT2D eigenvalue weighted by Gasteiger charge is 2.30. The Balaban J connectivity index is 1.91. The molecule has 0 aliphatic carbocycles. The van der Waals surface area contributed by atoms with Crippen LogP contribution in [0.4, 0.5) is 0 Å². The highest BCUT2D eigenvalue weighted by Crippen LogP contribution is 2.28. The molecule has 3 rings (SSSR count). The molecule has 0 N–H and O–H groups in total. The van der Waals surface area contributed by atoms with Gasteiger partial charge in [0.05, 0.1) is 11.8 Å². The minimum absolute atomic E-state index is 0.0116. The smallest absolute Gasteiger partial charge is 0.253 e. The van der Waals surface area contributed by atoms with Crippen LogP contribution in [0.5, 0.6) is 5.75 Å². The molecular weight excluding hydrogens is 328 g/mol. The molecule has 6 nitrogen and oxygen atoms in total. The summed E-state index contributed by atoms with van der Waals surface area (Å²) >= 11 is 0. The van der Waals surface area contributed by atoms with Crippen LogP contribution in [-0.4, -0.2) is 55.0 Å². The van der Waals surface area contributed by atoms with Crippen LogP contribution in [0.1, 0.15) is 42.6 Å². The van der Waals surface area contributed by atoms with Gasteiger partial charge in [-0.15, -0.1) is 0 Å². The fraction of sp³-hybridized carbons (Fsp3) is 0.588. The monoisotopic (exact) mass is 352 g/mol. The molecular formula is C17H24N2O4S. The lowest BCUT2D eigenvalue weighted by atomic mass is 10.1. The van der Waals surface area contributed by atoms with Gasteiger partial charge in [0.1, 0.15) is 12.4 Å². The summed E-state index contributed by atoms with van der Waals surface area (Å²) in [5.41, 5.74) is 1.35. The molecule has 1 fully saturated rings. The summed E-state index contributed by atoms with van der Waals surface area (Å²) < 4.78 is 31.9. The summed E-state index contributed by atoms with van der Waals surface area (Å²) in [4.78, 5) is 14.4. The predicted molar refractivity (Wildman–Crippen MR) is 91.5 cm³/mol. The van der Waals surface area contributed by atoms with E-state index in [0.717, 1.165) is 31.5 Å². The van der Waals surface area contributed by atoms with E-state index in [1.807, 2.05) is 11.8 Å². The Morgan fingerprint density at radius 1 is 1.29 bits per heavy atom. The van der Waals surface area contributed by atoms with E-state index < -0.39 is 10.0 Å². The fourth-order valence-corrected chi connectivity index (χ4v) is 4.51. The molecule has 1 atom stereocenters. The minimum atomic E-state index is -3.33. The normalized spacial score (nSPS) is 21.9. The van der Waals surface area contributed by atoms with E-state index in [1.54, 1.807) is 25.1 Å². The molecule has 0 radical (unpaired) electrons. The van der Waals surface area contributed by atoms with Crippen LogP contribution in [0.25, 0.3) is 0 Å². The van der Waals surface area contributed by atoms with Crippen LogP contribution in [-0.2, 0) is 16.6 Å². The zero-order valence-electron chi connectivity index (χ0n) is 14.2. The average Bonchev–Trinajstić information content (AvgIpc) is 3.05. The molecule has 132 valence electrons. The molecule has 0 spiro atoms. The number of nitrogens with zero attached hydrogens (tertiary/aromatic N) is 2. The molecule has 2 aliphatic rings. The molecule has 1 amide bonds. The second-order valence-corrected chi connectivity index (χ2v) is 8.64. The molecule has 2 heterocycles. The molecule has 0 aromatic heterocycles. The first kappa shape index (κ1) is 17.2. The highest BCUT2D eigenvalue weighted by molar-refractivity contribution is 7.89. The number of rotatable bonds is 3. The van der Waals surface area contributed by atoms with Gasteiger partial charge in [-0.25, -0.2) is 8.42 Å². The topological polar surface area (TPSA) is 66.9 Å². The van der Waals surface area contributed by atoms with Gasteiger partial charge in [-0.3, -0.25) is 4.79 Å². The van der Waals surface area contributed by atoms with Crippen molar-refractivity contribution in [2.75, 3.05) is 25.4 Å². The maximum Gasteiger partial charge on any atom is 0.253 e. The molecule has 0 saturated carbocycles. The highest BCUT2D eigenvalue weighted by atomic mass is 32.2. The summed E-state index contributed by atoms with van der Waals surface area (Å²) in [6.07, 6.45) is 2.08. The van der Waals surface area contributed by atoms with Crippen molar-refractivity contribution in [1.82, 2.24) is 9.21 Å². The summed E-state index contributed by atoms with van der Waals surface area (Å²) in [7, 11) is -3.33. The van der Waals surface area contributed by atoms with Crippen molar-refractivity contribution in [3.8, 4) is 5.75 Å². The number of hydrogen-bond acceptors (Lipinski definition) is 4. The predicted octanol–water partition coefficient (Wildman–Crippen LogP) is 1.86. The summed E-state index contributed by atoms with van der Waals surface area (Å²) in [6.45, 7) is 5.62. The summed E-state index contributed by atoms with van der Waals surface area (Å²) in [6, 6.07) is 5.11. The van der Waals surface area contributed by atoms with E-state index in [9.17, 15) is 13.2 Å². The van der Waals surface area contributed by atoms with Crippen LogP contribution in [0.2, 0.25) is 0 Å². The van der Waals surface area contributed by atoms with Crippen LogP contribution in [0, 0.1) is 0 Å². The average molecular weight is 352 g/mol. The molecule has 1 aromatic carbocycles. The first-order chi connectivity index (χ1) is 11.4. The second kappa shape index (κ2) is 6.72. The van der Waals surface area contributed by atoms with Gasteiger partial charge in [0.25, 0.3) is 5.91 Å². The van der Waals surface area contributed by atoms with Crippen molar-refractivity contribution in [3.05, 3.63) is 29.3 Å². The zero-order chi connectivity index (χ0) is 17.3. The molecule has 2 aliphatic heterocycles. The van der Waals surface area contributed by atoms with Crippen LogP contribution >= 0.6 is 0 Å². The molecule has 0 bridgehead atoms. The molecule has 0 unspecified atom stereocenters. The zero-order valence-corrected chi connectivity index (χ0v) is 15.0. The lowest BCUT2D eigenvalue weighted by Crippen LogP contribution is -2.40. The summed E-state index contributed by atoms with van der Waals surface area (Å²) in [5.74, 6) is 0.727. The molecule has 1 saturated heterocycles. The largest absolute Gasteiger partial charge is 0.492 e. The quantitative estimate of drug-likeness (QED) is 0.833. The van der Waals surface area contributed by atoms with E-state index in [-0.39, 0.29) is 24.2 Å². The second-order valence-electron chi connectivity index (χ2n) is 6.43. The Bertz CT molecular complexity index is 726. The van der Waals surface area contributed by atoms with Gasteiger partial charge in [-0.1, -0.05) is 0 Å². The van der Waals surface area contributed by atoms with E-state index >= 15 is 0 Å². The third-order valence-corrected chi connectivity index (χ3v) is 6.65. The Hall–Kier alpha value is -1.60. The number of amides is 1.